The minimum absolute atomic E-state index is 2.13. The van der Waals surface area contributed by atoms with Gasteiger partial charge in [-0.25, -0.2) is 13.2 Å². The van der Waals surface area contributed by atoms with Gasteiger partial charge in [-0.1, -0.05) is 0 Å². The Morgan fingerprint density at radius 3 is 2.08 bits per heavy atom. The first-order chi connectivity index (χ1) is 5.29. The van der Waals surface area contributed by atoms with E-state index in [-0.39, 0.29) is 0 Å². The van der Waals surface area contributed by atoms with Crippen molar-refractivity contribution >= 4 is 7.37 Å². The summed E-state index contributed by atoms with van der Waals surface area (Å²) in [7, 11) is -5.56. The molecule has 0 aromatic rings. The summed E-state index contributed by atoms with van der Waals surface area (Å²) in [5, 5.41) is 0. The van der Waals surface area contributed by atoms with Gasteiger partial charge in [0.2, 0.25) is 6.17 Å². The third-order valence-corrected chi connectivity index (χ3v) is 2.68. The summed E-state index contributed by atoms with van der Waals surface area (Å²) in [5.41, 5.74) is -4.85. The van der Waals surface area contributed by atoms with E-state index in [4.69, 9.17) is 4.89 Å². The number of alkyl halides is 5. The molecule has 0 aliphatic rings. The molecule has 0 amide bonds. The third kappa shape index (κ3) is 1.95. The number of rotatable bonds is 4. The summed E-state index contributed by atoms with van der Waals surface area (Å²) in [5.74, 6) is 0. The van der Waals surface area contributed by atoms with Crippen molar-refractivity contribution in [1.29, 1.82) is 0 Å². The van der Waals surface area contributed by atoms with Gasteiger partial charge in [-0.2, -0.15) is 8.78 Å². The standard InChI is InChI=1S/C4H6F5O2P/c5-1-3(7)4(8,9)12(10,11)2-6/h3H,1-2H2,(H,10,11). The van der Waals surface area contributed by atoms with Crippen molar-refractivity contribution in [3.05, 3.63) is 0 Å². The summed E-state index contributed by atoms with van der Waals surface area (Å²) in [6, 6.07) is 0. The van der Waals surface area contributed by atoms with Crippen LogP contribution in [-0.4, -0.2) is 29.8 Å². The Hall–Kier alpha value is -0.160. The van der Waals surface area contributed by atoms with Gasteiger partial charge in [0, 0.05) is 0 Å². The minimum Gasteiger partial charge on any atom is -0.338 e. The van der Waals surface area contributed by atoms with Crippen molar-refractivity contribution in [1.82, 2.24) is 0 Å². The van der Waals surface area contributed by atoms with Gasteiger partial charge in [0.25, 0.3) is 0 Å². The first-order valence-corrected chi connectivity index (χ1v) is 4.59. The van der Waals surface area contributed by atoms with Crippen molar-refractivity contribution < 1.29 is 31.4 Å². The zero-order chi connectivity index (χ0) is 9.99. The maximum atomic E-state index is 12.2. The Morgan fingerprint density at radius 1 is 1.42 bits per heavy atom. The van der Waals surface area contributed by atoms with Gasteiger partial charge in [-0.05, 0) is 0 Å². The van der Waals surface area contributed by atoms with Gasteiger partial charge in [-0.3, -0.25) is 4.57 Å². The van der Waals surface area contributed by atoms with E-state index in [1.807, 2.05) is 0 Å². The lowest BCUT2D eigenvalue weighted by atomic mass is 10.4. The van der Waals surface area contributed by atoms with Crippen LogP contribution in [0.2, 0.25) is 0 Å². The average molecular weight is 212 g/mol. The zero-order valence-electron chi connectivity index (χ0n) is 5.68. The normalized spacial score (nSPS) is 20.2. The molecule has 0 spiro atoms. The van der Waals surface area contributed by atoms with Crippen LogP contribution in [0, 0.1) is 0 Å². The molecule has 0 heterocycles. The van der Waals surface area contributed by atoms with Gasteiger partial charge in [-0.15, -0.1) is 0 Å². The molecule has 74 valence electrons. The molecule has 1 N–H and O–H groups in total. The second-order valence-electron chi connectivity index (χ2n) is 2.03. The van der Waals surface area contributed by atoms with E-state index < -0.39 is 32.3 Å². The fourth-order valence-corrected chi connectivity index (χ4v) is 1.06. The summed E-state index contributed by atoms with van der Waals surface area (Å²) in [6.07, 6.45) is -5.72. The van der Waals surface area contributed by atoms with Crippen LogP contribution in [0.3, 0.4) is 0 Å². The van der Waals surface area contributed by atoms with Crippen molar-refractivity contribution in [2.75, 3.05) is 13.1 Å². The van der Waals surface area contributed by atoms with E-state index >= 15 is 0 Å². The maximum absolute atomic E-state index is 12.2. The molecule has 8 heteroatoms. The molecule has 0 radical (unpaired) electrons. The Bertz CT molecular complexity index is 196. The van der Waals surface area contributed by atoms with Crippen molar-refractivity contribution in [2.45, 2.75) is 11.8 Å². The molecule has 2 atom stereocenters. The SMILES string of the molecule is O=P(O)(CF)C(F)(F)C(F)CF. The van der Waals surface area contributed by atoms with E-state index in [1.165, 1.54) is 0 Å². The van der Waals surface area contributed by atoms with Gasteiger partial charge in [0.05, 0.1) is 0 Å². The Labute approximate surface area is 64.8 Å². The Balaban J connectivity index is 4.71. The Kier molecular flexibility index (Phi) is 3.65. The molecular weight excluding hydrogens is 206 g/mol. The first kappa shape index (κ1) is 11.8. The lowest BCUT2D eigenvalue weighted by molar-refractivity contribution is -0.0173. The highest BCUT2D eigenvalue weighted by Crippen LogP contribution is 2.58. The molecule has 2 nitrogen and oxygen atoms in total. The van der Waals surface area contributed by atoms with Gasteiger partial charge < -0.3 is 4.89 Å². The molecular formula is C4H6F5O2P. The summed E-state index contributed by atoms with van der Waals surface area (Å²) >= 11 is 0. The molecule has 0 aromatic heterocycles. The van der Waals surface area contributed by atoms with Crippen LogP contribution in [0.15, 0.2) is 0 Å². The second kappa shape index (κ2) is 3.70. The average Bonchev–Trinajstić information content (AvgIpc) is 2.02. The predicted octanol–water partition coefficient (Wildman–Crippen LogP) is 2.08. The molecule has 0 rings (SSSR count). The molecule has 0 aliphatic heterocycles. The number of halogens is 5. The van der Waals surface area contributed by atoms with Crippen LogP contribution >= 0.6 is 7.37 Å². The molecule has 0 bridgehead atoms. The number of hydrogen-bond donors (Lipinski definition) is 1. The van der Waals surface area contributed by atoms with Crippen molar-refractivity contribution in [3.8, 4) is 0 Å². The number of hydrogen-bond acceptors (Lipinski definition) is 1. The molecule has 12 heavy (non-hydrogen) atoms. The van der Waals surface area contributed by atoms with Crippen LogP contribution in [0.4, 0.5) is 22.0 Å². The smallest absolute Gasteiger partial charge is 0.338 e. The highest BCUT2D eigenvalue weighted by atomic mass is 31.2. The van der Waals surface area contributed by atoms with Gasteiger partial charge in [0.15, 0.2) is 6.42 Å². The lowest BCUT2D eigenvalue weighted by Gasteiger charge is -2.21. The minimum atomic E-state index is -5.56. The summed E-state index contributed by atoms with van der Waals surface area (Å²) in [4.78, 5) is 8.18. The van der Waals surface area contributed by atoms with E-state index in [1.54, 1.807) is 0 Å². The zero-order valence-corrected chi connectivity index (χ0v) is 6.58. The van der Waals surface area contributed by atoms with Gasteiger partial charge >= 0.3 is 13.0 Å². The van der Waals surface area contributed by atoms with E-state index in [0.29, 0.717) is 0 Å². The van der Waals surface area contributed by atoms with Crippen LogP contribution < -0.4 is 0 Å². The molecule has 0 aliphatic carbocycles. The lowest BCUT2D eigenvalue weighted by Crippen LogP contribution is -2.32. The monoisotopic (exact) mass is 212 g/mol. The maximum Gasteiger partial charge on any atom is 0.356 e. The predicted molar refractivity (Wildman–Crippen MR) is 31.6 cm³/mol. The topological polar surface area (TPSA) is 37.3 Å². The molecule has 2 unspecified atom stereocenters. The molecule has 0 saturated heterocycles. The molecule has 0 aromatic carbocycles. The second-order valence-corrected chi connectivity index (χ2v) is 4.27. The largest absolute Gasteiger partial charge is 0.356 e. The van der Waals surface area contributed by atoms with Crippen LogP contribution in [0.1, 0.15) is 0 Å². The molecule has 0 saturated carbocycles. The van der Waals surface area contributed by atoms with E-state index in [0.717, 1.165) is 0 Å². The van der Waals surface area contributed by atoms with E-state index in [2.05, 4.69) is 0 Å². The summed E-state index contributed by atoms with van der Waals surface area (Å²) < 4.78 is 69.5. The fourth-order valence-electron chi connectivity index (χ4n) is 0.391. The fraction of sp³-hybridized carbons (Fsp3) is 1.00. The van der Waals surface area contributed by atoms with Crippen molar-refractivity contribution in [2.24, 2.45) is 0 Å². The highest BCUT2D eigenvalue weighted by Gasteiger charge is 2.56. The van der Waals surface area contributed by atoms with Gasteiger partial charge in [0.1, 0.15) is 6.67 Å². The quantitative estimate of drug-likeness (QED) is 0.572. The summed E-state index contributed by atoms with van der Waals surface area (Å²) in [6.45, 7) is -2.13. The van der Waals surface area contributed by atoms with E-state index in [9.17, 15) is 26.5 Å². The van der Waals surface area contributed by atoms with Crippen LogP contribution in [0.25, 0.3) is 0 Å². The van der Waals surface area contributed by atoms with Crippen LogP contribution in [-0.2, 0) is 4.57 Å². The van der Waals surface area contributed by atoms with Crippen molar-refractivity contribution in [3.63, 3.8) is 0 Å². The first-order valence-electron chi connectivity index (χ1n) is 2.75. The molecule has 0 fully saturated rings. The third-order valence-electron chi connectivity index (χ3n) is 1.14. The highest BCUT2D eigenvalue weighted by molar-refractivity contribution is 7.59. The Morgan fingerprint density at radius 2 is 1.83 bits per heavy atom. The van der Waals surface area contributed by atoms with Crippen LogP contribution in [0.5, 0.6) is 0 Å².